The molecule has 0 aliphatic carbocycles. The number of nitrogens with zero attached hydrogens (tertiary/aromatic N) is 1. The molecule has 0 spiro atoms. The Kier molecular flexibility index (Phi) is 2.00. The van der Waals surface area contributed by atoms with Crippen molar-refractivity contribution in [3.63, 3.8) is 0 Å². The lowest BCUT2D eigenvalue weighted by atomic mass is 10.2. The summed E-state index contributed by atoms with van der Waals surface area (Å²) in [4.78, 5) is 11.2. The molecule has 14 heavy (non-hydrogen) atoms. The molecule has 0 aromatic carbocycles. The molecule has 0 radical (unpaired) electrons. The molecular weight excluding hydrogens is 178 g/mol. The smallest absolute Gasteiger partial charge is 0.337 e. The molecule has 3 nitrogen and oxygen atoms in total. The first-order chi connectivity index (χ1) is 6.70. The maximum atomic E-state index is 11.2. The van der Waals surface area contributed by atoms with Crippen molar-refractivity contribution in [1.29, 1.82) is 0 Å². The third-order valence-electron chi connectivity index (χ3n) is 2.16. The number of ether oxygens (including phenoxy) is 1. The molecule has 0 aliphatic heterocycles. The number of methoxy groups -OCH3 is 1. The first kappa shape index (κ1) is 8.81. The Morgan fingerprint density at radius 3 is 2.93 bits per heavy atom. The molecule has 2 rings (SSSR count). The average Bonchev–Trinajstić information content (AvgIpc) is 2.55. The van der Waals surface area contributed by atoms with Crippen LogP contribution in [0.4, 0.5) is 0 Å². The first-order valence-corrected chi connectivity index (χ1v) is 4.37. The second kappa shape index (κ2) is 3.18. The fraction of sp³-hybridized carbons (Fsp3) is 0.182. The van der Waals surface area contributed by atoms with Crippen LogP contribution in [0.1, 0.15) is 15.9 Å². The van der Waals surface area contributed by atoms with E-state index in [0.29, 0.717) is 5.56 Å². The monoisotopic (exact) mass is 189 g/mol. The zero-order valence-corrected chi connectivity index (χ0v) is 8.15. The van der Waals surface area contributed by atoms with Crippen LogP contribution in [0.5, 0.6) is 0 Å². The third kappa shape index (κ3) is 1.37. The van der Waals surface area contributed by atoms with Gasteiger partial charge in [0.1, 0.15) is 0 Å². The number of fused-ring (bicyclic) bond motifs is 1. The molecule has 0 bridgehead atoms. The van der Waals surface area contributed by atoms with Crippen LogP contribution < -0.4 is 0 Å². The molecule has 0 N–H and O–H groups in total. The highest BCUT2D eigenvalue weighted by atomic mass is 16.5. The van der Waals surface area contributed by atoms with Crippen LogP contribution in [0.2, 0.25) is 0 Å². The largest absolute Gasteiger partial charge is 0.465 e. The SMILES string of the molecule is COC(=O)c1ccn2cc(C)cc2c1. The molecule has 2 aromatic rings. The molecule has 0 aliphatic rings. The summed E-state index contributed by atoms with van der Waals surface area (Å²) in [6.07, 6.45) is 3.87. The van der Waals surface area contributed by atoms with Gasteiger partial charge in [-0.3, -0.25) is 0 Å². The zero-order chi connectivity index (χ0) is 10.1. The molecule has 0 saturated heterocycles. The van der Waals surface area contributed by atoms with Gasteiger partial charge in [0.25, 0.3) is 0 Å². The number of pyridine rings is 1. The van der Waals surface area contributed by atoms with Gasteiger partial charge in [-0.15, -0.1) is 0 Å². The van der Waals surface area contributed by atoms with E-state index in [1.54, 1.807) is 6.07 Å². The van der Waals surface area contributed by atoms with Crippen LogP contribution in [-0.2, 0) is 4.74 Å². The predicted octanol–water partition coefficient (Wildman–Crippen LogP) is 2.03. The van der Waals surface area contributed by atoms with Gasteiger partial charge in [0.15, 0.2) is 0 Å². The van der Waals surface area contributed by atoms with Gasteiger partial charge in [-0.05, 0) is 30.7 Å². The van der Waals surface area contributed by atoms with Crippen molar-refractivity contribution in [2.45, 2.75) is 6.92 Å². The summed E-state index contributed by atoms with van der Waals surface area (Å²) < 4.78 is 6.62. The fourth-order valence-electron chi connectivity index (χ4n) is 1.50. The highest BCUT2D eigenvalue weighted by Crippen LogP contribution is 2.12. The number of carbonyl (C=O) groups is 1. The van der Waals surface area contributed by atoms with E-state index in [4.69, 9.17) is 0 Å². The van der Waals surface area contributed by atoms with Gasteiger partial charge in [0, 0.05) is 17.9 Å². The summed E-state index contributed by atoms with van der Waals surface area (Å²) >= 11 is 0. The number of carbonyl (C=O) groups excluding carboxylic acids is 1. The number of aromatic nitrogens is 1. The Morgan fingerprint density at radius 1 is 1.43 bits per heavy atom. The van der Waals surface area contributed by atoms with Gasteiger partial charge in [0.2, 0.25) is 0 Å². The van der Waals surface area contributed by atoms with E-state index in [2.05, 4.69) is 4.74 Å². The highest BCUT2D eigenvalue weighted by Gasteiger charge is 2.05. The van der Waals surface area contributed by atoms with Gasteiger partial charge in [-0.2, -0.15) is 0 Å². The average molecular weight is 189 g/mol. The molecular formula is C11H11NO2. The van der Waals surface area contributed by atoms with Crippen molar-refractivity contribution in [1.82, 2.24) is 4.40 Å². The number of esters is 1. The summed E-state index contributed by atoms with van der Waals surface area (Å²) in [7, 11) is 1.38. The van der Waals surface area contributed by atoms with E-state index in [-0.39, 0.29) is 5.97 Å². The Labute approximate surface area is 81.9 Å². The summed E-state index contributed by atoms with van der Waals surface area (Å²) in [5, 5.41) is 0. The molecule has 0 saturated carbocycles. The van der Waals surface area contributed by atoms with Gasteiger partial charge < -0.3 is 9.14 Å². The number of hydrogen-bond donors (Lipinski definition) is 0. The molecule has 0 atom stereocenters. The zero-order valence-electron chi connectivity index (χ0n) is 8.15. The van der Waals surface area contributed by atoms with Gasteiger partial charge in [-0.25, -0.2) is 4.79 Å². The van der Waals surface area contributed by atoms with E-state index in [1.807, 2.05) is 35.9 Å². The van der Waals surface area contributed by atoms with Crippen LogP contribution in [0.3, 0.4) is 0 Å². The molecule has 0 unspecified atom stereocenters. The van der Waals surface area contributed by atoms with Crippen LogP contribution in [0, 0.1) is 6.92 Å². The molecule has 2 heterocycles. The number of aryl methyl sites for hydroxylation is 1. The third-order valence-corrected chi connectivity index (χ3v) is 2.16. The summed E-state index contributed by atoms with van der Waals surface area (Å²) in [5.41, 5.74) is 2.76. The minimum absolute atomic E-state index is 0.300. The highest BCUT2D eigenvalue weighted by molar-refractivity contribution is 5.90. The Hall–Kier alpha value is -1.77. The Balaban J connectivity index is 2.55. The molecule has 3 heteroatoms. The second-order valence-corrected chi connectivity index (χ2v) is 3.26. The quantitative estimate of drug-likeness (QED) is 0.643. The Morgan fingerprint density at radius 2 is 2.21 bits per heavy atom. The number of rotatable bonds is 1. The van der Waals surface area contributed by atoms with Crippen LogP contribution in [0.15, 0.2) is 30.6 Å². The first-order valence-electron chi connectivity index (χ1n) is 4.37. The lowest BCUT2D eigenvalue weighted by molar-refractivity contribution is 0.0601. The standard InChI is InChI=1S/C11H11NO2/c1-8-5-10-6-9(11(13)14-2)3-4-12(10)7-8/h3-7H,1-2H3. The van der Waals surface area contributed by atoms with Crippen LogP contribution in [-0.4, -0.2) is 17.5 Å². The van der Waals surface area contributed by atoms with E-state index in [0.717, 1.165) is 5.52 Å². The van der Waals surface area contributed by atoms with Crippen molar-refractivity contribution in [2.75, 3.05) is 7.11 Å². The van der Waals surface area contributed by atoms with E-state index < -0.39 is 0 Å². The van der Waals surface area contributed by atoms with E-state index in [1.165, 1.54) is 12.7 Å². The lowest BCUT2D eigenvalue weighted by Crippen LogP contribution is -2.01. The van der Waals surface area contributed by atoms with Crippen molar-refractivity contribution >= 4 is 11.5 Å². The molecule has 0 fully saturated rings. The second-order valence-electron chi connectivity index (χ2n) is 3.26. The maximum Gasteiger partial charge on any atom is 0.337 e. The number of hydrogen-bond acceptors (Lipinski definition) is 2. The van der Waals surface area contributed by atoms with Crippen molar-refractivity contribution in [3.8, 4) is 0 Å². The summed E-state index contributed by atoms with van der Waals surface area (Å²) in [6.45, 7) is 2.02. The van der Waals surface area contributed by atoms with E-state index >= 15 is 0 Å². The topological polar surface area (TPSA) is 30.7 Å². The molecule has 72 valence electrons. The van der Waals surface area contributed by atoms with Crippen LogP contribution in [0.25, 0.3) is 5.52 Å². The lowest BCUT2D eigenvalue weighted by Gasteiger charge is -1.99. The predicted molar refractivity (Wildman–Crippen MR) is 53.5 cm³/mol. The fourth-order valence-corrected chi connectivity index (χ4v) is 1.50. The van der Waals surface area contributed by atoms with Gasteiger partial charge >= 0.3 is 5.97 Å². The summed E-state index contributed by atoms with van der Waals surface area (Å²) in [6, 6.07) is 5.59. The van der Waals surface area contributed by atoms with Crippen molar-refractivity contribution in [2.24, 2.45) is 0 Å². The molecule has 2 aromatic heterocycles. The van der Waals surface area contributed by atoms with Crippen molar-refractivity contribution in [3.05, 3.63) is 41.7 Å². The Bertz CT molecular complexity index is 485. The normalized spacial score (nSPS) is 10.4. The van der Waals surface area contributed by atoms with E-state index in [9.17, 15) is 4.79 Å². The maximum absolute atomic E-state index is 11.2. The van der Waals surface area contributed by atoms with Crippen molar-refractivity contribution < 1.29 is 9.53 Å². The minimum atomic E-state index is -0.300. The van der Waals surface area contributed by atoms with Gasteiger partial charge in [-0.1, -0.05) is 0 Å². The molecule has 0 amide bonds. The van der Waals surface area contributed by atoms with Gasteiger partial charge in [0.05, 0.1) is 12.7 Å². The summed E-state index contributed by atoms with van der Waals surface area (Å²) in [5.74, 6) is -0.300. The minimum Gasteiger partial charge on any atom is -0.465 e. The van der Waals surface area contributed by atoms with Crippen LogP contribution >= 0.6 is 0 Å².